The highest BCUT2D eigenvalue weighted by Crippen LogP contribution is 2.43. The van der Waals surface area contributed by atoms with Crippen molar-refractivity contribution in [3.05, 3.63) is 89.5 Å². The summed E-state index contributed by atoms with van der Waals surface area (Å²) in [5, 5.41) is 3.05. The van der Waals surface area contributed by atoms with E-state index in [-0.39, 0.29) is 11.8 Å². The van der Waals surface area contributed by atoms with Crippen LogP contribution in [0.1, 0.15) is 35.6 Å². The van der Waals surface area contributed by atoms with Gasteiger partial charge in [-0.25, -0.2) is 0 Å². The summed E-state index contributed by atoms with van der Waals surface area (Å²) in [5.41, 5.74) is 4.60. The van der Waals surface area contributed by atoms with Gasteiger partial charge >= 0.3 is 0 Å². The van der Waals surface area contributed by atoms with E-state index in [1.807, 2.05) is 86.6 Å². The molecule has 1 heterocycles. The van der Waals surface area contributed by atoms with E-state index in [9.17, 15) is 9.59 Å². The minimum Gasteiger partial charge on any atom is -0.496 e. The van der Waals surface area contributed by atoms with Crippen molar-refractivity contribution in [2.45, 2.75) is 32.7 Å². The van der Waals surface area contributed by atoms with Gasteiger partial charge in [0, 0.05) is 23.4 Å². The van der Waals surface area contributed by atoms with Gasteiger partial charge in [-0.2, -0.15) is 0 Å². The van der Waals surface area contributed by atoms with Crippen molar-refractivity contribution in [3.8, 4) is 5.75 Å². The molecule has 2 amide bonds. The molecule has 3 aromatic carbocycles. The van der Waals surface area contributed by atoms with Crippen LogP contribution in [0.15, 0.2) is 72.8 Å². The van der Waals surface area contributed by atoms with E-state index in [2.05, 4.69) is 5.32 Å². The minimum absolute atomic E-state index is 0.00384. The molecule has 0 radical (unpaired) electrons. The summed E-state index contributed by atoms with van der Waals surface area (Å²) >= 11 is 0. The summed E-state index contributed by atoms with van der Waals surface area (Å²) < 4.78 is 5.63. The van der Waals surface area contributed by atoms with Crippen LogP contribution >= 0.6 is 0 Å². The topological polar surface area (TPSA) is 58.6 Å². The molecule has 4 rings (SSSR count). The molecular formula is C27H28N2O3. The lowest BCUT2D eigenvalue weighted by Gasteiger charge is -2.41. The molecule has 3 aromatic rings. The second-order valence-electron chi connectivity index (χ2n) is 8.29. The summed E-state index contributed by atoms with van der Waals surface area (Å²) in [4.78, 5) is 28.4. The second-order valence-corrected chi connectivity index (χ2v) is 8.29. The van der Waals surface area contributed by atoms with Gasteiger partial charge in [-0.05, 0) is 50.6 Å². The number of carbonyl (C=O) groups excluding carboxylic acids is 2. The third-order valence-electron chi connectivity index (χ3n) is 6.02. The third-order valence-corrected chi connectivity index (χ3v) is 6.02. The average Bonchev–Trinajstić information content (AvgIpc) is 2.81. The SMILES string of the molecule is COc1ccccc1[C@H]1[C@H](C(=O)Nc2ccc(C)cc2)CCC(=O)N1c1ccc(C)cc1. The number of amides is 2. The molecule has 1 N–H and O–H groups in total. The molecule has 1 fully saturated rings. The van der Waals surface area contributed by atoms with Crippen molar-refractivity contribution in [2.24, 2.45) is 5.92 Å². The molecule has 0 saturated carbocycles. The maximum Gasteiger partial charge on any atom is 0.229 e. The fraction of sp³-hybridized carbons (Fsp3) is 0.259. The van der Waals surface area contributed by atoms with Gasteiger partial charge in [0.15, 0.2) is 0 Å². The Labute approximate surface area is 189 Å². The summed E-state index contributed by atoms with van der Waals surface area (Å²) in [6.45, 7) is 4.02. The van der Waals surface area contributed by atoms with Gasteiger partial charge < -0.3 is 15.0 Å². The molecule has 2 atom stereocenters. The second kappa shape index (κ2) is 9.27. The first-order valence-electron chi connectivity index (χ1n) is 10.9. The highest BCUT2D eigenvalue weighted by atomic mass is 16.5. The van der Waals surface area contributed by atoms with Gasteiger partial charge in [0.05, 0.1) is 19.1 Å². The van der Waals surface area contributed by atoms with Gasteiger partial charge in [-0.3, -0.25) is 9.59 Å². The van der Waals surface area contributed by atoms with Gasteiger partial charge in [-0.1, -0.05) is 53.6 Å². The Balaban J connectivity index is 1.77. The van der Waals surface area contributed by atoms with E-state index < -0.39 is 12.0 Å². The molecule has 1 saturated heterocycles. The van der Waals surface area contributed by atoms with Crippen LogP contribution in [0.2, 0.25) is 0 Å². The maximum absolute atomic E-state index is 13.5. The van der Waals surface area contributed by atoms with E-state index in [4.69, 9.17) is 4.74 Å². The number of carbonyl (C=O) groups is 2. The molecule has 5 nitrogen and oxygen atoms in total. The number of para-hydroxylation sites is 1. The van der Waals surface area contributed by atoms with Crippen LogP contribution in [0.4, 0.5) is 11.4 Å². The Bertz CT molecular complexity index is 1110. The molecule has 0 spiro atoms. The summed E-state index contributed by atoms with van der Waals surface area (Å²) in [5.74, 6) is 0.141. The molecule has 1 aliphatic rings. The number of hydrogen-bond donors (Lipinski definition) is 1. The highest BCUT2D eigenvalue weighted by molar-refractivity contribution is 6.00. The van der Waals surface area contributed by atoms with E-state index in [0.29, 0.717) is 18.6 Å². The van der Waals surface area contributed by atoms with E-state index >= 15 is 0 Å². The number of nitrogens with one attached hydrogen (secondary N) is 1. The summed E-state index contributed by atoms with van der Waals surface area (Å²) in [6, 6.07) is 22.7. The van der Waals surface area contributed by atoms with Crippen molar-refractivity contribution in [1.29, 1.82) is 0 Å². The first-order chi connectivity index (χ1) is 15.5. The zero-order valence-electron chi connectivity index (χ0n) is 18.7. The van der Waals surface area contributed by atoms with Gasteiger partial charge in [-0.15, -0.1) is 0 Å². The number of nitrogens with zero attached hydrogens (tertiary/aromatic N) is 1. The predicted molar refractivity (Wildman–Crippen MR) is 127 cm³/mol. The predicted octanol–water partition coefficient (Wildman–Crippen LogP) is 5.44. The van der Waals surface area contributed by atoms with Crippen molar-refractivity contribution >= 4 is 23.2 Å². The van der Waals surface area contributed by atoms with E-state index in [0.717, 1.165) is 28.1 Å². The highest BCUT2D eigenvalue weighted by Gasteiger charge is 2.42. The lowest BCUT2D eigenvalue weighted by atomic mass is 9.82. The maximum atomic E-state index is 13.5. The van der Waals surface area contributed by atoms with Crippen molar-refractivity contribution < 1.29 is 14.3 Å². The standard InChI is InChI=1S/C27H28N2O3/c1-18-8-12-20(13-9-18)28-27(31)23-16-17-25(30)29(21-14-10-19(2)11-15-21)26(23)22-6-4-5-7-24(22)32-3/h4-15,23,26H,16-17H2,1-3H3,(H,28,31)/t23-,26+/m1/s1. The van der Waals surface area contributed by atoms with Crippen LogP contribution in [0.25, 0.3) is 0 Å². The van der Waals surface area contributed by atoms with E-state index in [1.165, 1.54) is 0 Å². The largest absolute Gasteiger partial charge is 0.496 e. The lowest BCUT2D eigenvalue weighted by Crippen LogP contribution is -2.47. The number of methoxy groups -OCH3 is 1. The number of aryl methyl sites for hydroxylation is 2. The number of piperidine rings is 1. The van der Waals surface area contributed by atoms with Crippen LogP contribution in [0.5, 0.6) is 5.75 Å². The van der Waals surface area contributed by atoms with Gasteiger partial charge in [0.2, 0.25) is 11.8 Å². The van der Waals surface area contributed by atoms with Crippen LogP contribution in [0.3, 0.4) is 0 Å². The van der Waals surface area contributed by atoms with Crippen LogP contribution < -0.4 is 15.0 Å². The molecular weight excluding hydrogens is 400 g/mol. The quantitative estimate of drug-likeness (QED) is 0.589. The fourth-order valence-electron chi connectivity index (χ4n) is 4.32. The first-order valence-corrected chi connectivity index (χ1v) is 10.9. The number of rotatable bonds is 5. The molecule has 32 heavy (non-hydrogen) atoms. The summed E-state index contributed by atoms with van der Waals surface area (Å²) in [7, 11) is 1.61. The molecule has 0 aliphatic carbocycles. The molecule has 5 heteroatoms. The van der Waals surface area contributed by atoms with Crippen LogP contribution in [-0.4, -0.2) is 18.9 Å². The minimum atomic E-state index is -0.472. The Morgan fingerprint density at radius 2 is 1.56 bits per heavy atom. The van der Waals surface area contributed by atoms with Crippen LogP contribution in [0, 0.1) is 19.8 Å². The zero-order valence-corrected chi connectivity index (χ0v) is 18.7. The third kappa shape index (κ3) is 4.37. The first kappa shape index (κ1) is 21.6. The van der Waals surface area contributed by atoms with Crippen molar-refractivity contribution in [2.75, 3.05) is 17.3 Å². The molecule has 164 valence electrons. The van der Waals surface area contributed by atoms with Crippen molar-refractivity contribution in [3.63, 3.8) is 0 Å². The molecule has 1 aliphatic heterocycles. The Kier molecular flexibility index (Phi) is 6.26. The average molecular weight is 429 g/mol. The zero-order chi connectivity index (χ0) is 22.7. The normalized spacial score (nSPS) is 18.3. The van der Waals surface area contributed by atoms with Gasteiger partial charge in [0.25, 0.3) is 0 Å². The number of anilines is 2. The van der Waals surface area contributed by atoms with Crippen LogP contribution in [-0.2, 0) is 9.59 Å². The molecule has 0 aromatic heterocycles. The monoisotopic (exact) mass is 428 g/mol. The summed E-state index contributed by atoms with van der Waals surface area (Å²) in [6.07, 6.45) is 0.785. The number of benzene rings is 3. The Morgan fingerprint density at radius 3 is 2.22 bits per heavy atom. The number of ether oxygens (including phenoxy) is 1. The molecule has 0 unspecified atom stereocenters. The smallest absolute Gasteiger partial charge is 0.229 e. The lowest BCUT2D eigenvalue weighted by molar-refractivity contribution is -0.125. The fourth-order valence-corrected chi connectivity index (χ4v) is 4.32. The van der Waals surface area contributed by atoms with Crippen molar-refractivity contribution in [1.82, 2.24) is 0 Å². The van der Waals surface area contributed by atoms with E-state index in [1.54, 1.807) is 12.0 Å². The number of hydrogen-bond acceptors (Lipinski definition) is 3. The Hall–Kier alpha value is -3.60. The van der Waals surface area contributed by atoms with Gasteiger partial charge in [0.1, 0.15) is 5.75 Å². The Morgan fingerprint density at radius 1 is 0.938 bits per heavy atom. The molecule has 0 bridgehead atoms.